The molecule has 0 aliphatic carbocycles. The van der Waals surface area contributed by atoms with Crippen LogP contribution in [0.3, 0.4) is 0 Å². The van der Waals surface area contributed by atoms with Crippen LogP contribution in [0.25, 0.3) is 0 Å². The summed E-state index contributed by atoms with van der Waals surface area (Å²) < 4.78 is 37.9. The quantitative estimate of drug-likeness (QED) is 0.775. The minimum Gasteiger partial charge on any atom is -0.495 e. The minimum atomic E-state index is -3.64. The Morgan fingerprint density at radius 1 is 1.48 bits per heavy atom. The van der Waals surface area contributed by atoms with Crippen molar-refractivity contribution < 1.29 is 17.9 Å². The van der Waals surface area contributed by atoms with Gasteiger partial charge in [-0.25, -0.2) is 13.1 Å². The molecule has 1 heterocycles. The van der Waals surface area contributed by atoms with E-state index in [4.69, 9.17) is 15.2 Å². The van der Waals surface area contributed by atoms with Gasteiger partial charge in [-0.05, 0) is 43.9 Å². The average molecular weight is 314 g/mol. The van der Waals surface area contributed by atoms with Gasteiger partial charge in [0.15, 0.2) is 0 Å². The molecule has 2 rings (SSSR count). The maximum atomic E-state index is 12.4. The van der Waals surface area contributed by atoms with Gasteiger partial charge < -0.3 is 15.2 Å². The van der Waals surface area contributed by atoms with Gasteiger partial charge in [0.25, 0.3) is 0 Å². The molecule has 0 amide bonds. The van der Waals surface area contributed by atoms with Crippen LogP contribution in [0.1, 0.15) is 24.8 Å². The van der Waals surface area contributed by atoms with Crippen LogP contribution < -0.4 is 15.2 Å². The molecule has 0 spiro atoms. The fourth-order valence-corrected chi connectivity index (χ4v) is 3.58. The molecule has 21 heavy (non-hydrogen) atoms. The maximum absolute atomic E-state index is 12.4. The van der Waals surface area contributed by atoms with Crippen molar-refractivity contribution >= 4 is 15.7 Å². The molecule has 1 aliphatic rings. The Morgan fingerprint density at radius 2 is 2.24 bits per heavy atom. The van der Waals surface area contributed by atoms with E-state index in [0.29, 0.717) is 24.4 Å². The zero-order chi connectivity index (χ0) is 15.5. The number of anilines is 1. The van der Waals surface area contributed by atoms with Crippen molar-refractivity contribution in [1.29, 1.82) is 0 Å². The van der Waals surface area contributed by atoms with E-state index >= 15 is 0 Å². The fourth-order valence-electron chi connectivity index (χ4n) is 2.35. The first-order valence-electron chi connectivity index (χ1n) is 6.99. The number of hydrogen-bond donors (Lipinski definition) is 2. The van der Waals surface area contributed by atoms with Crippen molar-refractivity contribution in [2.24, 2.45) is 0 Å². The average Bonchev–Trinajstić information content (AvgIpc) is 2.94. The second-order valence-corrected chi connectivity index (χ2v) is 6.92. The highest BCUT2D eigenvalue weighted by molar-refractivity contribution is 7.89. The molecule has 0 aromatic heterocycles. The molecule has 0 bridgehead atoms. The molecule has 1 aromatic carbocycles. The molecule has 3 N–H and O–H groups in total. The summed E-state index contributed by atoms with van der Waals surface area (Å²) in [5, 5.41) is 0. The Morgan fingerprint density at radius 3 is 2.86 bits per heavy atom. The normalized spacial score (nSPS) is 18.9. The van der Waals surface area contributed by atoms with E-state index in [2.05, 4.69) is 4.72 Å². The van der Waals surface area contributed by atoms with E-state index in [9.17, 15) is 8.42 Å². The van der Waals surface area contributed by atoms with Crippen molar-refractivity contribution in [3.63, 3.8) is 0 Å². The summed E-state index contributed by atoms with van der Waals surface area (Å²) in [6.45, 7) is 2.91. The monoisotopic (exact) mass is 314 g/mol. The van der Waals surface area contributed by atoms with Crippen LogP contribution >= 0.6 is 0 Å². The summed E-state index contributed by atoms with van der Waals surface area (Å²) in [5.41, 5.74) is 7.01. The zero-order valence-corrected chi connectivity index (χ0v) is 13.2. The van der Waals surface area contributed by atoms with Gasteiger partial charge in [0.05, 0.1) is 13.2 Å². The number of hydrogen-bond acceptors (Lipinski definition) is 5. The first-order chi connectivity index (χ1) is 9.94. The van der Waals surface area contributed by atoms with E-state index in [-0.39, 0.29) is 11.0 Å². The van der Waals surface area contributed by atoms with Gasteiger partial charge in [-0.2, -0.15) is 0 Å². The summed E-state index contributed by atoms with van der Waals surface area (Å²) in [5.74, 6) is 0.298. The molecule has 0 radical (unpaired) electrons. The Hall–Kier alpha value is -1.31. The minimum absolute atomic E-state index is 0.0699. The predicted octanol–water partition coefficient (Wildman–Crippen LogP) is 1.43. The van der Waals surface area contributed by atoms with Gasteiger partial charge in [0.1, 0.15) is 10.6 Å². The summed E-state index contributed by atoms with van der Waals surface area (Å²) in [6, 6.07) is 3.06. The molecule has 1 aliphatic heterocycles. The lowest BCUT2D eigenvalue weighted by atomic mass is 10.2. The molecule has 1 fully saturated rings. The molecular weight excluding hydrogens is 292 g/mol. The van der Waals surface area contributed by atoms with E-state index in [1.807, 2.05) is 0 Å². The van der Waals surface area contributed by atoms with Crippen molar-refractivity contribution in [1.82, 2.24) is 4.72 Å². The number of methoxy groups -OCH3 is 1. The second-order valence-electron chi connectivity index (χ2n) is 5.18. The standard InChI is InChI=1S/C14H22N2O4S/c1-10-8-13(19-2)14(9-12(10)15)21(17,18)16-6-5-11-4-3-7-20-11/h8-9,11,16H,3-7,15H2,1-2H3. The lowest BCUT2D eigenvalue weighted by Crippen LogP contribution is -2.27. The number of nitrogen functional groups attached to an aromatic ring is 1. The number of benzene rings is 1. The summed E-state index contributed by atoms with van der Waals surface area (Å²) in [7, 11) is -2.20. The first kappa shape index (κ1) is 16.1. The Labute approximate surface area is 125 Å². The van der Waals surface area contributed by atoms with Crippen molar-refractivity contribution in [2.45, 2.75) is 37.2 Å². The highest BCUT2D eigenvalue weighted by atomic mass is 32.2. The third kappa shape index (κ3) is 3.87. The maximum Gasteiger partial charge on any atom is 0.244 e. The lowest BCUT2D eigenvalue weighted by molar-refractivity contribution is 0.105. The van der Waals surface area contributed by atoms with E-state index in [0.717, 1.165) is 25.0 Å². The van der Waals surface area contributed by atoms with Crippen LogP contribution in [0.2, 0.25) is 0 Å². The van der Waals surface area contributed by atoms with Crippen LogP contribution in [0.4, 0.5) is 5.69 Å². The van der Waals surface area contributed by atoms with Crippen molar-refractivity contribution in [3.8, 4) is 5.75 Å². The third-order valence-corrected chi connectivity index (χ3v) is 5.11. The van der Waals surface area contributed by atoms with Crippen molar-refractivity contribution in [2.75, 3.05) is 26.0 Å². The molecule has 7 heteroatoms. The van der Waals surface area contributed by atoms with E-state index < -0.39 is 10.0 Å². The number of nitrogens with one attached hydrogen (secondary N) is 1. The number of nitrogens with two attached hydrogens (primary N) is 1. The molecule has 6 nitrogen and oxygen atoms in total. The molecule has 0 saturated carbocycles. The largest absolute Gasteiger partial charge is 0.495 e. The van der Waals surface area contributed by atoms with Crippen molar-refractivity contribution in [3.05, 3.63) is 17.7 Å². The van der Waals surface area contributed by atoms with Crippen LogP contribution in [0.5, 0.6) is 5.75 Å². The van der Waals surface area contributed by atoms with Gasteiger partial charge in [0, 0.05) is 18.8 Å². The highest BCUT2D eigenvalue weighted by Gasteiger charge is 2.22. The smallest absolute Gasteiger partial charge is 0.244 e. The predicted molar refractivity (Wildman–Crippen MR) is 80.9 cm³/mol. The number of rotatable bonds is 6. The summed E-state index contributed by atoms with van der Waals surface area (Å²) >= 11 is 0. The summed E-state index contributed by atoms with van der Waals surface area (Å²) in [4.78, 5) is 0.0699. The third-order valence-electron chi connectivity index (χ3n) is 3.62. The van der Waals surface area contributed by atoms with Crippen LogP contribution in [-0.4, -0.2) is 34.8 Å². The van der Waals surface area contributed by atoms with Crippen LogP contribution in [0.15, 0.2) is 17.0 Å². The van der Waals surface area contributed by atoms with Gasteiger partial charge in [0.2, 0.25) is 10.0 Å². The first-order valence-corrected chi connectivity index (χ1v) is 8.47. The van der Waals surface area contributed by atoms with Gasteiger partial charge in [-0.1, -0.05) is 0 Å². The molecule has 118 valence electrons. The van der Waals surface area contributed by atoms with Gasteiger partial charge in [-0.15, -0.1) is 0 Å². The Kier molecular flexibility index (Phi) is 5.08. The molecule has 1 atom stereocenters. The molecule has 1 unspecified atom stereocenters. The number of aryl methyl sites for hydroxylation is 1. The Balaban J connectivity index is 2.09. The SMILES string of the molecule is COc1cc(C)c(N)cc1S(=O)(=O)NCCC1CCCO1. The molecule has 1 saturated heterocycles. The number of ether oxygens (including phenoxy) is 2. The Bertz CT molecular complexity index is 595. The van der Waals surface area contributed by atoms with Gasteiger partial charge in [-0.3, -0.25) is 0 Å². The molecular formula is C14H22N2O4S. The zero-order valence-electron chi connectivity index (χ0n) is 12.4. The van der Waals surface area contributed by atoms with E-state index in [1.54, 1.807) is 13.0 Å². The van der Waals surface area contributed by atoms with Gasteiger partial charge >= 0.3 is 0 Å². The molecule has 1 aromatic rings. The van der Waals surface area contributed by atoms with Crippen LogP contribution in [-0.2, 0) is 14.8 Å². The number of sulfonamides is 1. The fraction of sp³-hybridized carbons (Fsp3) is 0.571. The highest BCUT2D eigenvalue weighted by Crippen LogP contribution is 2.28. The van der Waals surface area contributed by atoms with E-state index in [1.165, 1.54) is 13.2 Å². The van der Waals surface area contributed by atoms with Crippen LogP contribution in [0, 0.1) is 6.92 Å². The lowest BCUT2D eigenvalue weighted by Gasteiger charge is -2.14. The topological polar surface area (TPSA) is 90.7 Å². The second kappa shape index (κ2) is 6.64. The summed E-state index contributed by atoms with van der Waals surface area (Å²) in [6.07, 6.45) is 2.85.